The maximum Gasteiger partial charge on any atom is 0.339 e. The van der Waals surface area contributed by atoms with E-state index in [1.165, 1.54) is 0 Å². The van der Waals surface area contributed by atoms with Gasteiger partial charge < -0.3 is 14.9 Å². The van der Waals surface area contributed by atoms with Crippen LogP contribution in [0, 0.1) is 5.82 Å². The summed E-state index contributed by atoms with van der Waals surface area (Å²) in [6, 6.07) is 2.99. The zero-order valence-electron chi connectivity index (χ0n) is 8.11. The molecule has 0 saturated carbocycles. The molecule has 4 nitrogen and oxygen atoms in total. The van der Waals surface area contributed by atoms with Crippen LogP contribution in [0.5, 0.6) is 5.75 Å². The Morgan fingerprint density at radius 1 is 1.60 bits per heavy atom. The molecule has 15 heavy (non-hydrogen) atoms. The number of esters is 1. The number of aliphatic hydroxyl groups excluding tert-OH is 1. The van der Waals surface area contributed by atoms with Crippen molar-refractivity contribution in [1.29, 1.82) is 0 Å². The fraction of sp³-hybridized carbons (Fsp3) is 0.300. The van der Waals surface area contributed by atoms with E-state index in [1.54, 1.807) is 6.92 Å². The molecule has 0 amide bonds. The molecule has 0 aromatic heterocycles. The predicted molar refractivity (Wildman–Crippen MR) is 49.7 cm³/mol. The maximum absolute atomic E-state index is 12.6. The molecule has 1 rings (SSSR count). The normalized spacial score (nSPS) is 12.2. The van der Waals surface area contributed by atoms with E-state index in [2.05, 4.69) is 4.74 Å². The van der Waals surface area contributed by atoms with Crippen molar-refractivity contribution in [3.05, 3.63) is 29.6 Å². The van der Waals surface area contributed by atoms with Gasteiger partial charge in [0.25, 0.3) is 0 Å². The van der Waals surface area contributed by atoms with Gasteiger partial charge in [0, 0.05) is 11.6 Å². The Hall–Kier alpha value is -1.62. The van der Waals surface area contributed by atoms with E-state index in [1.807, 2.05) is 0 Å². The smallest absolute Gasteiger partial charge is 0.339 e. The van der Waals surface area contributed by atoms with E-state index in [0.29, 0.717) is 0 Å². The van der Waals surface area contributed by atoms with Gasteiger partial charge in [-0.05, 0) is 19.1 Å². The van der Waals surface area contributed by atoms with Crippen molar-refractivity contribution in [3.63, 3.8) is 0 Å². The zero-order chi connectivity index (χ0) is 11.4. The van der Waals surface area contributed by atoms with Crippen LogP contribution in [-0.2, 0) is 9.53 Å². The molecule has 1 unspecified atom stereocenters. The molecule has 0 fully saturated rings. The Kier molecular flexibility index (Phi) is 3.62. The largest absolute Gasteiger partial charge is 0.507 e. The van der Waals surface area contributed by atoms with Crippen molar-refractivity contribution in [2.24, 2.45) is 0 Å². The number of phenolic OH excluding ortho intramolecular Hbond substituents is 1. The molecular formula is C10H11FO4. The number of carbonyl (C=O) groups excluding carboxylic acids is 1. The van der Waals surface area contributed by atoms with Crippen LogP contribution in [0.15, 0.2) is 18.2 Å². The molecular weight excluding hydrogens is 203 g/mol. The first-order valence-electron chi connectivity index (χ1n) is 4.39. The number of rotatable bonds is 3. The predicted octanol–water partition coefficient (Wildman–Crippen LogP) is 1.13. The standard InChI is InChI=1S/C10H11FO4/c1-2-15-10(14)9(13)7-4-3-6(11)5-8(7)12/h3-5,9,12-13H,2H2,1H3. The number of aliphatic hydroxyl groups is 1. The van der Waals surface area contributed by atoms with E-state index >= 15 is 0 Å². The van der Waals surface area contributed by atoms with Crippen molar-refractivity contribution >= 4 is 5.97 Å². The minimum atomic E-state index is -1.59. The van der Waals surface area contributed by atoms with Gasteiger partial charge in [-0.3, -0.25) is 0 Å². The van der Waals surface area contributed by atoms with Gasteiger partial charge in [0.15, 0.2) is 6.10 Å². The molecule has 0 aliphatic heterocycles. The fourth-order valence-electron chi connectivity index (χ4n) is 1.10. The van der Waals surface area contributed by atoms with Crippen LogP contribution in [0.3, 0.4) is 0 Å². The monoisotopic (exact) mass is 214 g/mol. The van der Waals surface area contributed by atoms with Crippen LogP contribution in [0.1, 0.15) is 18.6 Å². The number of hydrogen-bond acceptors (Lipinski definition) is 4. The minimum Gasteiger partial charge on any atom is -0.507 e. The minimum absolute atomic E-state index is 0.0742. The molecule has 82 valence electrons. The highest BCUT2D eigenvalue weighted by Crippen LogP contribution is 2.25. The summed E-state index contributed by atoms with van der Waals surface area (Å²) in [5.41, 5.74) is -0.0742. The fourth-order valence-corrected chi connectivity index (χ4v) is 1.10. The van der Waals surface area contributed by atoms with Gasteiger partial charge in [-0.25, -0.2) is 9.18 Å². The lowest BCUT2D eigenvalue weighted by molar-refractivity contribution is -0.153. The van der Waals surface area contributed by atoms with Gasteiger partial charge in [-0.1, -0.05) is 0 Å². The zero-order valence-corrected chi connectivity index (χ0v) is 8.11. The Bertz CT molecular complexity index is 364. The molecule has 0 spiro atoms. The van der Waals surface area contributed by atoms with Gasteiger partial charge in [-0.15, -0.1) is 0 Å². The first-order chi connectivity index (χ1) is 7.06. The van der Waals surface area contributed by atoms with Crippen molar-refractivity contribution in [3.8, 4) is 5.75 Å². The molecule has 0 heterocycles. The number of halogens is 1. The molecule has 0 radical (unpaired) electrons. The average molecular weight is 214 g/mol. The Balaban J connectivity index is 2.91. The highest BCUT2D eigenvalue weighted by molar-refractivity contribution is 5.77. The molecule has 1 atom stereocenters. The summed E-state index contributed by atoms with van der Waals surface area (Å²) in [5.74, 6) is -2.00. The molecule has 2 N–H and O–H groups in total. The third-order valence-electron chi connectivity index (χ3n) is 1.80. The second-order valence-electron chi connectivity index (χ2n) is 2.86. The molecule has 0 bridgehead atoms. The van der Waals surface area contributed by atoms with Gasteiger partial charge in [-0.2, -0.15) is 0 Å². The van der Waals surface area contributed by atoms with Crippen LogP contribution in [-0.4, -0.2) is 22.8 Å². The lowest BCUT2D eigenvalue weighted by Gasteiger charge is -2.11. The second-order valence-corrected chi connectivity index (χ2v) is 2.86. The van der Waals surface area contributed by atoms with Crippen LogP contribution < -0.4 is 0 Å². The van der Waals surface area contributed by atoms with E-state index in [0.717, 1.165) is 18.2 Å². The summed E-state index contributed by atoms with van der Waals surface area (Å²) in [4.78, 5) is 11.1. The highest BCUT2D eigenvalue weighted by Gasteiger charge is 2.21. The van der Waals surface area contributed by atoms with Crippen LogP contribution >= 0.6 is 0 Å². The number of aromatic hydroxyl groups is 1. The molecule has 1 aromatic rings. The lowest BCUT2D eigenvalue weighted by atomic mass is 10.1. The Labute approximate surface area is 85.9 Å². The quantitative estimate of drug-likeness (QED) is 0.740. The van der Waals surface area contributed by atoms with Crippen LogP contribution in [0.4, 0.5) is 4.39 Å². The summed E-state index contributed by atoms with van der Waals surface area (Å²) < 4.78 is 17.2. The van der Waals surface area contributed by atoms with Crippen molar-refractivity contribution in [2.75, 3.05) is 6.61 Å². The summed E-state index contributed by atoms with van der Waals surface area (Å²) in [6.45, 7) is 1.72. The Morgan fingerprint density at radius 2 is 2.27 bits per heavy atom. The average Bonchev–Trinajstić information content (AvgIpc) is 2.17. The summed E-state index contributed by atoms with van der Waals surface area (Å²) in [6.07, 6.45) is -1.59. The van der Waals surface area contributed by atoms with E-state index < -0.39 is 23.6 Å². The third kappa shape index (κ3) is 2.66. The summed E-state index contributed by atoms with van der Waals surface area (Å²) in [7, 11) is 0. The van der Waals surface area contributed by atoms with Crippen molar-refractivity contribution in [1.82, 2.24) is 0 Å². The van der Waals surface area contributed by atoms with Crippen molar-refractivity contribution < 1.29 is 24.1 Å². The maximum atomic E-state index is 12.6. The molecule has 0 aliphatic rings. The highest BCUT2D eigenvalue weighted by atomic mass is 19.1. The molecule has 5 heteroatoms. The number of hydrogen-bond donors (Lipinski definition) is 2. The SMILES string of the molecule is CCOC(=O)C(O)c1ccc(F)cc1O. The molecule has 0 aliphatic carbocycles. The van der Waals surface area contributed by atoms with Gasteiger partial charge in [0.1, 0.15) is 11.6 Å². The summed E-state index contributed by atoms with van der Waals surface area (Å²) in [5, 5.41) is 18.7. The number of phenols is 1. The molecule has 0 saturated heterocycles. The third-order valence-corrected chi connectivity index (χ3v) is 1.80. The van der Waals surface area contributed by atoms with E-state index in [4.69, 9.17) is 0 Å². The van der Waals surface area contributed by atoms with E-state index in [-0.39, 0.29) is 12.2 Å². The number of benzene rings is 1. The summed E-state index contributed by atoms with van der Waals surface area (Å²) >= 11 is 0. The van der Waals surface area contributed by atoms with Gasteiger partial charge >= 0.3 is 5.97 Å². The number of carbonyl (C=O) groups is 1. The van der Waals surface area contributed by atoms with Crippen molar-refractivity contribution in [2.45, 2.75) is 13.0 Å². The van der Waals surface area contributed by atoms with Gasteiger partial charge in [0.05, 0.1) is 6.61 Å². The Morgan fingerprint density at radius 3 is 2.80 bits per heavy atom. The van der Waals surface area contributed by atoms with Crippen LogP contribution in [0.2, 0.25) is 0 Å². The van der Waals surface area contributed by atoms with E-state index in [9.17, 15) is 19.4 Å². The number of ether oxygens (including phenoxy) is 1. The second kappa shape index (κ2) is 4.75. The van der Waals surface area contributed by atoms with Crippen LogP contribution in [0.25, 0.3) is 0 Å². The van der Waals surface area contributed by atoms with Gasteiger partial charge in [0.2, 0.25) is 0 Å². The first-order valence-corrected chi connectivity index (χ1v) is 4.39. The first kappa shape index (κ1) is 11.5. The lowest BCUT2D eigenvalue weighted by Crippen LogP contribution is -2.15. The molecule has 1 aromatic carbocycles. The topological polar surface area (TPSA) is 66.8 Å².